The number of ether oxygens (including phenoxy) is 1. The third kappa shape index (κ3) is 4.97. The van der Waals surface area contributed by atoms with Crippen molar-refractivity contribution >= 4 is 34.8 Å². The summed E-state index contributed by atoms with van der Waals surface area (Å²) in [5.41, 5.74) is 3.92. The molecule has 0 bridgehead atoms. The molecular weight excluding hydrogens is 419 g/mol. The molecular formula is C23H19FN2O4S. The first kappa shape index (κ1) is 20.7. The first-order valence-electron chi connectivity index (χ1n) is 9.70. The minimum Gasteiger partial charge on any atom is -0.451 e. The van der Waals surface area contributed by atoms with Gasteiger partial charge in [0.05, 0.1) is 6.54 Å². The highest BCUT2D eigenvalue weighted by Crippen LogP contribution is 2.39. The Morgan fingerprint density at radius 3 is 2.52 bits per heavy atom. The van der Waals surface area contributed by atoms with E-state index in [0.717, 1.165) is 28.8 Å². The van der Waals surface area contributed by atoms with Crippen LogP contribution in [0, 0.1) is 5.82 Å². The molecule has 1 aliphatic rings. The number of hydrogen-bond donors (Lipinski definition) is 2. The maximum atomic E-state index is 12.9. The Kier molecular flexibility index (Phi) is 6.08. The Morgan fingerprint density at radius 2 is 1.71 bits per heavy atom. The van der Waals surface area contributed by atoms with Crippen molar-refractivity contribution in [2.75, 3.05) is 18.5 Å². The van der Waals surface area contributed by atoms with Crippen LogP contribution in [0.4, 0.5) is 10.1 Å². The fourth-order valence-corrected chi connectivity index (χ4v) is 4.51. The molecule has 0 saturated heterocycles. The highest BCUT2D eigenvalue weighted by atomic mass is 32.1. The van der Waals surface area contributed by atoms with Crippen LogP contribution in [0.1, 0.15) is 20.8 Å². The Hall–Kier alpha value is -3.52. The van der Waals surface area contributed by atoms with Gasteiger partial charge < -0.3 is 15.4 Å². The summed E-state index contributed by atoms with van der Waals surface area (Å²) in [5, 5.41) is 4.91. The van der Waals surface area contributed by atoms with Crippen LogP contribution in [-0.4, -0.2) is 30.9 Å². The molecule has 3 aromatic rings. The molecule has 8 heteroatoms. The molecule has 6 nitrogen and oxygen atoms in total. The van der Waals surface area contributed by atoms with E-state index in [-0.39, 0.29) is 6.54 Å². The second-order valence-electron chi connectivity index (χ2n) is 7.03. The zero-order valence-corrected chi connectivity index (χ0v) is 17.3. The van der Waals surface area contributed by atoms with Gasteiger partial charge in [-0.2, -0.15) is 0 Å². The van der Waals surface area contributed by atoms with Gasteiger partial charge in [-0.25, -0.2) is 9.18 Å². The van der Waals surface area contributed by atoms with Crippen LogP contribution >= 0.6 is 11.3 Å². The number of aryl methyl sites for hydroxylation is 2. The zero-order valence-electron chi connectivity index (χ0n) is 16.4. The fraction of sp³-hybridized carbons (Fsp3) is 0.174. The molecule has 4 rings (SSSR count). The molecule has 0 saturated carbocycles. The van der Waals surface area contributed by atoms with E-state index in [2.05, 4.69) is 16.7 Å². The van der Waals surface area contributed by atoms with Crippen LogP contribution in [0.3, 0.4) is 0 Å². The first-order valence-corrected chi connectivity index (χ1v) is 10.5. The van der Waals surface area contributed by atoms with E-state index in [1.807, 2.05) is 24.3 Å². The molecule has 0 aliphatic heterocycles. The van der Waals surface area contributed by atoms with Crippen molar-refractivity contribution in [3.63, 3.8) is 0 Å². The fourth-order valence-electron chi connectivity index (χ4n) is 3.34. The number of halogens is 1. The van der Waals surface area contributed by atoms with Crippen molar-refractivity contribution in [1.29, 1.82) is 0 Å². The number of thiophene rings is 1. The molecule has 158 valence electrons. The maximum absolute atomic E-state index is 12.9. The van der Waals surface area contributed by atoms with Gasteiger partial charge in [0, 0.05) is 10.6 Å². The number of fused-ring (bicyclic) bond motifs is 3. The highest BCUT2D eigenvalue weighted by Gasteiger charge is 2.22. The summed E-state index contributed by atoms with van der Waals surface area (Å²) < 4.78 is 18.0. The summed E-state index contributed by atoms with van der Waals surface area (Å²) in [5.74, 6) is -2.04. The van der Waals surface area contributed by atoms with Gasteiger partial charge in [0.2, 0.25) is 5.91 Å². The number of rotatable bonds is 6. The molecule has 2 N–H and O–H groups in total. The smallest absolute Gasteiger partial charge is 0.348 e. The molecule has 0 spiro atoms. The van der Waals surface area contributed by atoms with Gasteiger partial charge >= 0.3 is 5.97 Å². The van der Waals surface area contributed by atoms with Gasteiger partial charge in [0.1, 0.15) is 10.7 Å². The van der Waals surface area contributed by atoms with Crippen molar-refractivity contribution in [1.82, 2.24) is 5.32 Å². The normalized spacial score (nSPS) is 11.8. The number of hydrogen-bond acceptors (Lipinski definition) is 5. The second-order valence-corrected chi connectivity index (χ2v) is 8.08. The van der Waals surface area contributed by atoms with Crippen LogP contribution in [0.5, 0.6) is 0 Å². The Morgan fingerprint density at radius 1 is 0.968 bits per heavy atom. The second kappa shape index (κ2) is 9.09. The van der Waals surface area contributed by atoms with E-state index in [4.69, 9.17) is 4.74 Å². The van der Waals surface area contributed by atoms with Crippen molar-refractivity contribution in [3.8, 4) is 10.4 Å². The molecule has 0 fully saturated rings. The Balaban J connectivity index is 1.26. The van der Waals surface area contributed by atoms with E-state index < -0.39 is 30.2 Å². The Bertz CT molecular complexity index is 1140. The number of amides is 2. The third-order valence-electron chi connectivity index (χ3n) is 4.84. The lowest BCUT2D eigenvalue weighted by Gasteiger charge is -2.15. The molecule has 0 atom stereocenters. The predicted octanol–water partition coefficient (Wildman–Crippen LogP) is 3.56. The SMILES string of the molecule is O=C(COC(=O)c1cc2c(s1)-c1ccccc1CC2)NCC(=O)Nc1ccc(F)cc1. The topological polar surface area (TPSA) is 84.5 Å². The number of esters is 1. The molecule has 31 heavy (non-hydrogen) atoms. The Labute approximate surface area is 182 Å². The standard InChI is InChI=1S/C23H19FN2O4S/c24-16-7-9-17(10-8-16)26-20(27)12-25-21(28)13-30-23(29)19-11-15-6-5-14-3-1-2-4-18(14)22(15)31-19/h1-4,7-11H,5-6,12-13H2,(H,25,28)(H,26,27). The average Bonchev–Trinajstić information content (AvgIpc) is 3.23. The van der Waals surface area contributed by atoms with Gasteiger partial charge in [-0.3, -0.25) is 9.59 Å². The summed E-state index contributed by atoms with van der Waals surface area (Å²) in [6, 6.07) is 15.2. The number of carbonyl (C=O) groups is 3. The van der Waals surface area contributed by atoms with Crippen LogP contribution in [0.25, 0.3) is 10.4 Å². The van der Waals surface area contributed by atoms with Gasteiger partial charge in [0.15, 0.2) is 6.61 Å². The molecule has 0 unspecified atom stereocenters. The van der Waals surface area contributed by atoms with Gasteiger partial charge in [0.25, 0.3) is 5.91 Å². The molecule has 0 radical (unpaired) electrons. The molecule has 1 aromatic heterocycles. The lowest BCUT2D eigenvalue weighted by Crippen LogP contribution is -2.35. The van der Waals surface area contributed by atoms with Crippen molar-refractivity contribution < 1.29 is 23.5 Å². The lowest BCUT2D eigenvalue weighted by atomic mass is 9.91. The number of anilines is 1. The maximum Gasteiger partial charge on any atom is 0.348 e. The van der Waals surface area contributed by atoms with Crippen molar-refractivity contribution in [2.45, 2.75) is 12.8 Å². The zero-order chi connectivity index (χ0) is 21.8. The van der Waals surface area contributed by atoms with E-state index in [9.17, 15) is 18.8 Å². The predicted molar refractivity (Wildman–Crippen MR) is 115 cm³/mol. The van der Waals surface area contributed by atoms with E-state index >= 15 is 0 Å². The first-order chi connectivity index (χ1) is 15.0. The minimum absolute atomic E-state index is 0.294. The van der Waals surface area contributed by atoms with Crippen LogP contribution < -0.4 is 10.6 Å². The van der Waals surface area contributed by atoms with Crippen molar-refractivity contribution in [2.24, 2.45) is 0 Å². The molecule has 1 heterocycles. The number of benzene rings is 2. The van der Waals surface area contributed by atoms with E-state index in [1.165, 1.54) is 41.2 Å². The van der Waals surface area contributed by atoms with Gasteiger partial charge in [-0.15, -0.1) is 11.3 Å². The highest BCUT2D eigenvalue weighted by molar-refractivity contribution is 7.17. The van der Waals surface area contributed by atoms with E-state index in [1.54, 1.807) is 0 Å². The van der Waals surface area contributed by atoms with Crippen LogP contribution in [0.15, 0.2) is 54.6 Å². The van der Waals surface area contributed by atoms with Gasteiger partial charge in [-0.1, -0.05) is 24.3 Å². The summed E-state index contributed by atoms with van der Waals surface area (Å²) in [7, 11) is 0. The number of nitrogens with one attached hydrogen (secondary N) is 2. The monoisotopic (exact) mass is 438 g/mol. The summed E-state index contributed by atoms with van der Waals surface area (Å²) >= 11 is 1.36. The number of carbonyl (C=O) groups excluding carboxylic acids is 3. The van der Waals surface area contributed by atoms with Gasteiger partial charge in [-0.05, 0) is 59.9 Å². The quantitative estimate of drug-likeness (QED) is 0.577. The van der Waals surface area contributed by atoms with Crippen LogP contribution in [0.2, 0.25) is 0 Å². The minimum atomic E-state index is -0.589. The molecule has 1 aliphatic carbocycles. The summed E-state index contributed by atoms with van der Waals surface area (Å²) in [4.78, 5) is 37.7. The molecule has 2 amide bonds. The van der Waals surface area contributed by atoms with Crippen molar-refractivity contribution in [3.05, 3.63) is 76.4 Å². The summed E-state index contributed by atoms with van der Waals surface area (Å²) in [6.07, 6.45) is 1.79. The van der Waals surface area contributed by atoms with Crippen LogP contribution in [-0.2, 0) is 27.2 Å². The lowest BCUT2D eigenvalue weighted by molar-refractivity contribution is -0.126. The van der Waals surface area contributed by atoms with E-state index in [0.29, 0.717) is 10.6 Å². The third-order valence-corrected chi connectivity index (χ3v) is 6.03. The molecule has 2 aromatic carbocycles. The largest absolute Gasteiger partial charge is 0.451 e. The average molecular weight is 438 g/mol. The summed E-state index contributed by atoms with van der Waals surface area (Å²) in [6.45, 7) is -0.778.